The van der Waals surface area contributed by atoms with Gasteiger partial charge in [0, 0.05) is 23.6 Å². The first-order valence-corrected chi connectivity index (χ1v) is 8.35. The van der Waals surface area contributed by atoms with Gasteiger partial charge in [-0.1, -0.05) is 13.8 Å². The summed E-state index contributed by atoms with van der Waals surface area (Å²) in [4.78, 5) is 13.2. The highest BCUT2D eigenvalue weighted by molar-refractivity contribution is 7.99. The van der Waals surface area contributed by atoms with E-state index in [0.717, 1.165) is 29.2 Å². The third-order valence-corrected chi connectivity index (χ3v) is 4.82. The van der Waals surface area contributed by atoms with Crippen LogP contribution in [0.25, 0.3) is 0 Å². The Morgan fingerprint density at radius 1 is 1.27 bits per heavy atom. The van der Waals surface area contributed by atoms with E-state index in [9.17, 15) is 4.79 Å². The highest BCUT2D eigenvalue weighted by Gasteiger charge is 2.25. The van der Waals surface area contributed by atoms with E-state index in [0.29, 0.717) is 13.0 Å². The summed E-state index contributed by atoms with van der Waals surface area (Å²) in [5.41, 5.74) is 5.54. The molecule has 0 aliphatic heterocycles. The molecule has 0 aromatic heterocycles. The first-order valence-electron chi connectivity index (χ1n) is 7.37. The monoisotopic (exact) mass is 346 g/mol. The lowest BCUT2D eigenvalue weighted by Crippen LogP contribution is -2.52. The Hall–Kier alpha value is -0.910. The molecular formula is C16H27ClN2O2S. The summed E-state index contributed by atoms with van der Waals surface area (Å²) < 4.78 is 5.12. The van der Waals surface area contributed by atoms with Crippen molar-refractivity contribution in [3.63, 3.8) is 0 Å². The number of amides is 1. The number of halogens is 1. The number of thioether (sulfide) groups is 1. The van der Waals surface area contributed by atoms with Gasteiger partial charge in [-0.3, -0.25) is 4.79 Å². The first-order chi connectivity index (χ1) is 10.1. The zero-order chi connectivity index (χ0) is 15.7. The highest BCUT2D eigenvalue weighted by atomic mass is 35.5. The maximum absolute atomic E-state index is 12.0. The predicted molar refractivity (Wildman–Crippen MR) is 96.1 cm³/mol. The lowest BCUT2D eigenvalue weighted by Gasteiger charge is -2.31. The molecule has 3 N–H and O–H groups in total. The standard InChI is InChI=1S/C16H26N2O2S.ClH/c1-4-16(5-2,12-17)18-15(19)10-11-21-14-8-6-13(20-3)7-9-14;/h6-9H,4-5,10-12,17H2,1-3H3,(H,18,19);1H. The number of rotatable bonds is 9. The first kappa shape index (κ1) is 21.1. The number of hydrogen-bond acceptors (Lipinski definition) is 4. The zero-order valence-electron chi connectivity index (χ0n) is 13.6. The number of carbonyl (C=O) groups is 1. The molecule has 1 rings (SSSR count). The van der Waals surface area contributed by atoms with Crippen molar-refractivity contribution in [3.8, 4) is 5.75 Å². The molecule has 22 heavy (non-hydrogen) atoms. The van der Waals surface area contributed by atoms with E-state index in [2.05, 4.69) is 19.2 Å². The van der Waals surface area contributed by atoms with Crippen LogP contribution in [-0.2, 0) is 4.79 Å². The van der Waals surface area contributed by atoms with Gasteiger partial charge in [0.25, 0.3) is 0 Å². The Morgan fingerprint density at radius 3 is 2.32 bits per heavy atom. The van der Waals surface area contributed by atoms with Gasteiger partial charge in [0.2, 0.25) is 5.91 Å². The summed E-state index contributed by atoms with van der Waals surface area (Å²) in [7, 11) is 1.65. The van der Waals surface area contributed by atoms with Crippen molar-refractivity contribution >= 4 is 30.1 Å². The highest BCUT2D eigenvalue weighted by Crippen LogP contribution is 2.22. The molecule has 1 amide bonds. The van der Waals surface area contributed by atoms with Gasteiger partial charge in [-0.15, -0.1) is 24.2 Å². The molecule has 0 bridgehead atoms. The third kappa shape index (κ3) is 6.46. The minimum atomic E-state index is -0.248. The van der Waals surface area contributed by atoms with E-state index in [4.69, 9.17) is 10.5 Å². The average Bonchev–Trinajstić information content (AvgIpc) is 2.53. The Kier molecular flexibility index (Phi) is 10.3. The van der Waals surface area contributed by atoms with Gasteiger partial charge in [0.05, 0.1) is 12.6 Å². The molecular weight excluding hydrogens is 320 g/mol. The van der Waals surface area contributed by atoms with E-state index in [1.807, 2.05) is 24.3 Å². The molecule has 0 unspecified atom stereocenters. The quantitative estimate of drug-likeness (QED) is 0.674. The molecule has 6 heteroatoms. The van der Waals surface area contributed by atoms with Gasteiger partial charge < -0.3 is 15.8 Å². The van der Waals surface area contributed by atoms with E-state index in [-0.39, 0.29) is 23.9 Å². The number of nitrogens with two attached hydrogens (primary N) is 1. The van der Waals surface area contributed by atoms with E-state index in [1.54, 1.807) is 18.9 Å². The number of nitrogens with one attached hydrogen (secondary N) is 1. The number of benzene rings is 1. The SMILES string of the molecule is CCC(CC)(CN)NC(=O)CCSc1ccc(OC)cc1.Cl. The Labute approximate surface area is 144 Å². The fourth-order valence-corrected chi connectivity index (χ4v) is 2.91. The zero-order valence-corrected chi connectivity index (χ0v) is 15.2. The molecule has 0 saturated heterocycles. The fraction of sp³-hybridized carbons (Fsp3) is 0.562. The van der Waals surface area contributed by atoms with Crippen molar-refractivity contribution in [2.75, 3.05) is 19.4 Å². The second kappa shape index (κ2) is 10.8. The Morgan fingerprint density at radius 2 is 1.86 bits per heavy atom. The van der Waals surface area contributed by atoms with Crippen LogP contribution in [0, 0.1) is 0 Å². The van der Waals surface area contributed by atoms with E-state index < -0.39 is 0 Å². The van der Waals surface area contributed by atoms with Gasteiger partial charge in [-0.2, -0.15) is 0 Å². The fourth-order valence-electron chi connectivity index (χ4n) is 2.06. The van der Waals surface area contributed by atoms with Crippen LogP contribution in [0.5, 0.6) is 5.75 Å². The molecule has 0 aliphatic rings. The molecule has 0 radical (unpaired) electrons. The van der Waals surface area contributed by atoms with Crippen LogP contribution in [0.15, 0.2) is 29.2 Å². The van der Waals surface area contributed by atoms with Crippen molar-refractivity contribution in [1.82, 2.24) is 5.32 Å². The van der Waals surface area contributed by atoms with Gasteiger partial charge in [0.1, 0.15) is 5.75 Å². The summed E-state index contributed by atoms with van der Waals surface area (Å²) in [6, 6.07) is 7.86. The van der Waals surface area contributed by atoms with Crippen LogP contribution in [0.4, 0.5) is 0 Å². The van der Waals surface area contributed by atoms with Gasteiger partial charge >= 0.3 is 0 Å². The van der Waals surface area contributed by atoms with Crippen LogP contribution in [0.3, 0.4) is 0 Å². The maximum atomic E-state index is 12.0. The van der Waals surface area contributed by atoms with Gasteiger partial charge in [-0.05, 0) is 37.1 Å². The number of carbonyl (C=O) groups excluding carboxylic acids is 1. The summed E-state index contributed by atoms with van der Waals surface area (Å²) >= 11 is 1.67. The molecule has 1 aromatic rings. The maximum Gasteiger partial charge on any atom is 0.221 e. The van der Waals surface area contributed by atoms with Crippen LogP contribution in [0.2, 0.25) is 0 Å². The second-order valence-electron chi connectivity index (χ2n) is 5.01. The second-order valence-corrected chi connectivity index (χ2v) is 6.18. The predicted octanol–water partition coefficient (Wildman–Crippen LogP) is 3.23. The molecule has 0 saturated carbocycles. The minimum absolute atomic E-state index is 0. The molecule has 1 aromatic carbocycles. The number of methoxy groups -OCH3 is 1. The van der Waals surface area contributed by atoms with Gasteiger partial charge in [0.15, 0.2) is 0 Å². The van der Waals surface area contributed by atoms with Crippen LogP contribution in [0.1, 0.15) is 33.1 Å². The topological polar surface area (TPSA) is 64.3 Å². The number of ether oxygens (including phenoxy) is 1. The lowest BCUT2D eigenvalue weighted by molar-refractivity contribution is -0.122. The minimum Gasteiger partial charge on any atom is -0.497 e. The number of hydrogen-bond donors (Lipinski definition) is 2. The smallest absolute Gasteiger partial charge is 0.221 e. The lowest BCUT2D eigenvalue weighted by atomic mass is 9.93. The van der Waals surface area contributed by atoms with Gasteiger partial charge in [-0.25, -0.2) is 0 Å². The average molecular weight is 347 g/mol. The molecule has 4 nitrogen and oxygen atoms in total. The summed E-state index contributed by atoms with van der Waals surface area (Å²) in [6.07, 6.45) is 2.22. The molecule has 0 atom stereocenters. The van der Waals surface area contributed by atoms with Crippen molar-refractivity contribution in [1.29, 1.82) is 0 Å². The van der Waals surface area contributed by atoms with Crippen molar-refractivity contribution in [3.05, 3.63) is 24.3 Å². The largest absolute Gasteiger partial charge is 0.497 e. The van der Waals surface area contributed by atoms with Crippen LogP contribution < -0.4 is 15.8 Å². The third-order valence-electron chi connectivity index (χ3n) is 3.81. The van der Waals surface area contributed by atoms with Crippen molar-refractivity contribution in [2.45, 2.75) is 43.5 Å². The summed E-state index contributed by atoms with van der Waals surface area (Å²) in [6.45, 7) is 4.60. The molecule has 0 fully saturated rings. The molecule has 0 heterocycles. The summed E-state index contributed by atoms with van der Waals surface area (Å²) in [5.74, 6) is 1.67. The summed E-state index contributed by atoms with van der Waals surface area (Å²) in [5, 5.41) is 3.09. The molecule has 126 valence electrons. The Balaban J connectivity index is 0.00000441. The van der Waals surface area contributed by atoms with E-state index >= 15 is 0 Å². The van der Waals surface area contributed by atoms with Crippen molar-refractivity contribution in [2.24, 2.45) is 5.73 Å². The normalized spacial score (nSPS) is 10.7. The van der Waals surface area contributed by atoms with Crippen LogP contribution >= 0.6 is 24.2 Å². The van der Waals surface area contributed by atoms with Crippen molar-refractivity contribution < 1.29 is 9.53 Å². The van der Waals surface area contributed by atoms with Crippen LogP contribution in [-0.4, -0.2) is 30.9 Å². The molecule has 0 aliphatic carbocycles. The Bertz CT molecular complexity index is 428. The van der Waals surface area contributed by atoms with E-state index in [1.165, 1.54) is 0 Å². The molecule has 0 spiro atoms.